The smallest absolute Gasteiger partial charge is 0.261 e. The summed E-state index contributed by atoms with van der Waals surface area (Å²) in [5, 5.41) is 0.632. The van der Waals surface area contributed by atoms with Crippen molar-refractivity contribution in [3.05, 3.63) is 40.4 Å². The number of rotatable bonds is 8. The zero-order valence-electron chi connectivity index (χ0n) is 16.7. The van der Waals surface area contributed by atoms with Gasteiger partial charge in [-0.2, -0.15) is 0 Å². The first kappa shape index (κ1) is 20.1. The molecular formula is C21H31N3O2. The molecule has 5 nitrogen and oxygen atoms in total. The van der Waals surface area contributed by atoms with E-state index in [1.807, 2.05) is 49.9 Å². The van der Waals surface area contributed by atoms with E-state index >= 15 is 0 Å². The van der Waals surface area contributed by atoms with Crippen LogP contribution in [0.2, 0.25) is 0 Å². The number of carbonyl (C=O) groups is 1. The molecule has 1 unspecified atom stereocenters. The monoisotopic (exact) mass is 357 g/mol. The van der Waals surface area contributed by atoms with Gasteiger partial charge in [0.2, 0.25) is 5.91 Å². The van der Waals surface area contributed by atoms with E-state index in [1.54, 1.807) is 4.57 Å². The number of fused-ring (bicyclic) bond motifs is 1. The Balaban J connectivity index is 2.58. The maximum absolute atomic E-state index is 13.0. The standard InChI is InChI=1S/C21H31N3O2/c1-6-10-19(25)24(14-15(3)4)16(5)20-22-18-12-9-8-11-17(18)21(26)23(20)13-7-2/h8-9,11-12,15-16H,6-7,10,13-14H2,1-5H3. The summed E-state index contributed by atoms with van der Waals surface area (Å²) in [5.41, 5.74) is 0.672. The Morgan fingerprint density at radius 3 is 2.46 bits per heavy atom. The van der Waals surface area contributed by atoms with Gasteiger partial charge in [0.15, 0.2) is 0 Å². The summed E-state index contributed by atoms with van der Waals surface area (Å²) in [6, 6.07) is 7.20. The van der Waals surface area contributed by atoms with E-state index in [2.05, 4.69) is 13.8 Å². The highest BCUT2D eigenvalue weighted by molar-refractivity contribution is 5.78. The lowest BCUT2D eigenvalue weighted by Gasteiger charge is -2.32. The molecule has 0 aliphatic heterocycles. The summed E-state index contributed by atoms with van der Waals surface area (Å²) in [6.45, 7) is 11.5. The van der Waals surface area contributed by atoms with Crippen molar-refractivity contribution in [3.63, 3.8) is 0 Å². The Morgan fingerprint density at radius 2 is 1.85 bits per heavy atom. The van der Waals surface area contributed by atoms with Crippen LogP contribution in [-0.2, 0) is 11.3 Å². The van der Waals surface area contributed by atoms with Crippen LogP contribution >= 0.6 is 0 Å². The van der Waals surface area contributed by atoms with Gasteiger partial charge in [0.25, 0.3) is 5.56 Å². The second-order valence-electron chi connectivity index (χ2n) is 7.31. The topological polar surface area (TPSA) is 55.2 Å². The lowest BCUT2D eigenvalue weighted by molar-refractivity contribution is -0.134. The van der Waals surface area contributed by atoms with E-state index < -0.39 is 0 Å². The van der Waals surface area contributed by atoms with E-state index in [9.17, 15) is 9.59 Å². The molecule has 1 amide bonds. The maximum atomic E-state index is 13.0. The molecule has 0 spiro atoms. The highest BCUT2D eigenvalue weighted by Gasteiger charge is 2.26. The predicted molar refractivity (Wildman–Crippen MR) is 106 cm³/mol. The van der Waals surface area contributed by atoms with E-state index in [0.29, 0.717) is 42.2 Å². The van der Waals surface area contributed by atoms with Crippen molar-refractivity contribution in [1.29, 1.82) is 0 Å². The van der Waals surface area contributed by atoms with Crippen LogP contribution in [-0.4, -0.2) is 26.9 Å². The number of carbonyl (C=O) groups excluding carboxylic acids is 1. The van der Waals surface area contributed by atoms with Crippen LogP contribution in [0.3, 0.4) is 0 Å². The Labute approximate surface area is 156 Å². The molecule has 0 saturated heterocycles. The molecule has 0 bridgehead atoms. The van der Waals surface area contributed by atoms with Crippen molar-refractivity contribution in [3.8, 4) is 0 Å². The Bertz CT molecular complexity index is 810. The number of aromatic nitrogens is 2. The Morgan fingerprint density at radius 1 is 1.15 bits per heavy atom. The third kappa shape index (κ3) is 4.32. The molecule has 0 aliphatic rings. The summed E-state index contributed by atoms with van der Waals surface area (Å²) in [5.74, 6) is 1.16. The Kier molecular flexibility index (Phi) is 6.95. The van der Waals surface area contributed by atoms with Crippen LogP contribution < -0.4 is 5.56 Å². The molecule has 1 atom stereocenters. The minimum absolute atomic E-state index is 0.0215. The number of benzene rings is 1. The average molecular weight is 357 g/mol. The number of hydrogen-bond acceptors (Lipinski definition) is 3. The van der Waals surface area contributed by atoms with Gasteiger partial charge in [-0.15, -0.1) is 0 Å². The SMILES string of the molecule is CCCC(=O)N(CC(C)C)C(C)c1nc2ccccc2c(=O)n1CCC. The molecule has 2 rings (SSSR count). The van der Waals surface area contributed by atoms with Gasteiger partial charge >= 0.3 is 0 Å². The van der Waals surface area contributed by atoms with Gasteiger partial charge < -0.3 is 4.90 Å². The highest BCUT2D eigenvalue weighted by atomic mass is 16.2. The number of hydrogen-bond donors (Lipinski definition) is 0. The van der Waals surface area contributed by atoms with Crippen LogP contribution in [0.5, 0.6) is 0 Å². The third-order valence-electron chi connectivity index (χ3n) is 4.53. The summed E-state index contributed by atoms with van der Waals surface area (Å²) < 4.78 is 1.75. The second-order valence-corrected chi connectivity index (χ2v) is 7.31. The Hall–Kier alpha value is -2.17. The molecular weight excluding hydrogens is 326 g/mol. The average Bonchev–Trinajstić information content (AvgIpc) is 2.61. The van der Waals surface area contributed by atoms with Crippen LogP contribution in [0.1, 0.15) is 65.7 Å². The quantitative estimate of drug-likeness (QED) is 0.713. The van der Waals surface area contributed by atoms with Crippen molar-refractivity contribution in [1.82, 2.24) is 14.5 Å². The largest absolute Gasteiger partial charge is 0.333 e. The summed E-state index contributed by atoms with van der Waals surface area (Å²) in [4.78, 5) is 32.4. The highest BCUT2D eigenvalue weighted by Crippen LogP contribution is 2.22. The molecule has 0 aliphatic carbocycles. The fourth-order valence-electron chi connectivity index (χ4n) is 3.31. The van der Waals surface area contributed by atoms with Crippen molar-refractivity contribution in [2.24, 2.45) is 5.92 Å². The first-order valence-corrected chi connectivity index (χ1v) is 9.69. The summed E-state index contributed by atoms with van der Waals surface area (Å²) in [6.07, 6.45) is 2.17. The maximum Gasteiger partial charge on any atom is 0.261 e. The van der Waals surface area contributed by atoms with Crippen LogP contribution in [0.25, 0.3) is 10.9 Å². The minimum Gasteiger partial charge on any atom is -0.333 e. The first-order valence-electron chi connectivity index (χ1n) is 9.69. The minimum atomic E-state index is -0.236. The van der Waals surface area contributed by atoms with Crippen LogP contribution in [0, 0.1) is 5.92 Å². The normalized spacial score (nSPS) is 12.5. The molecule has 5 heteroatoms. The molecule has 0 radical (unpaired) electrons. The molecule has 2 aromatic rings. The molecule has 0 saturated carbocycles. The third-order valence-corrected chi connectivity index (χ3v) is 4.53. The van der Waals surface area contributed by atoms with E-state index in [4.69, 9.17) is 4.98 Å². The van der Waals surface area contributed by atoms with Gasteiger partial charge in [-0.25, -0.2) is 4.98 Å². The van der Waals surface area contributed by atoms with Crippen molar-refractivity contribution in [2.45, 2.75) is 66.5 Å². The van der Waals surface area contributed by atoms with Gasteiger partial charge in [-0.1, -0.05) is 39.8 Å². The van der Waals surface area contributed by atoms with Gasteiger partial charge in [0, 0.05) is 19.5 Å². The number of para-hydroxylation sites is 1. The molecule has 0 N–H and O–H groups in total. The van der Waals surface area contributed by atoms with Crippen LogP contribution in [0.15, 0.2) is 29.1 Å². The molecule has 142 valence electrons. The fraction of sp³-hybridized carbons (Fsp3) is 0.571. The first-order chi connectivity index (χ1) is 12.4. The zero-order chi connectivity index (χ0) is 19.3. The molecule has 1 heterocycles. The van der Waals surface area contributed by atoms with Crippen molar-refractivity contribution in [2.75, 3.05) is 6.54 Å². The van der Waals surface area contributed by atoms with Gasteiger partial charge in [-0.05, 0) is 37.8 Å². The lowest BCUT2D eigenvalue weighted by Crippen LogP contribution is -2.39. The van der Waals surface area contributed by atoms with Crippen molar-refractivity contribution < 1.29 is 4.79 Å². The van der Waals surface area contributed by atoms with Gasteiger partial charge in [0.05, 0.1) is 16.9 Å². The molecule has 1 aromatic carbocycles. The number of amides is 1. The lowest BCUT2D eigenvalue weighted by atomic mass is 10.1. The van der Waals surface area contributed by atoms with E-state index in [1.165, 1.54) is 0 Å². The number of nitrogens with zero attached hydrogens (tertiary/aromatic N) is 3. The molecule has 0 fully saturated rings. The van der Waals surface area contributed by atoms with Crippen molar-refractivity contribution >= 4 is 16.8 Å². The molecule has 26 heavy (non-hydrogen) atoms. The van der Waals surface area contributed by atoms with Gasteiger partial charge in [-0.3, -0.25) is 14.2 Å². The zero-order valence-corrected chi connectivity index (χ0v) is 16.7. The van der Waals surface area contributed by atoms with E-state index in [-0.39, 0.29) is 17.5 Å². The molecule has 1 aromatic heterocycles. The predicted octanol–water partition coefficient (Wildman–Crippen LogP) is 4.15. The van der Waals surface area contributed by atoms with Crippen LogP contribution in [0.4, 0.5) is 0 Å². The van der Waals surface area contributed by atoms with E-state index in [0.717, 1.165) is 12.8 Å². The fourth-order valence-corrected chi connectivity index (χ4v) is 3.31. The summed E-state index contributed by atoms with van der Waals surface area (Å²) in [7, 11) is 0. The van der Waals surface area contributed by atoms with Gasteiger partial charge in [0.1, 0.15) is 5.82 Å². The second kappa shape index (κ2) is 8.97. The summed E-state index contributed by atoms with van der Waals surface area (Å²) >= 11 is 0.